The Kier molecular flexibility index (Phi) is 5.99. The number of para-hydroxylation sites is 3. The summed E-state index contributed by atoms with van der Waals surface area (Å²) in [5, 5.41) is 6.02. The molecule has 0 aliphatic carbocycles. The number of benzene rings is 2. The summed E-state index contributed by atoms with van der Waals surface area (Å²) in [5.74, 6) is 1.47. The lowest BCUT2D eigenvalue weighted by Gasteiger charge is -2.13. The molecule has 1 unspecified atom stereocenters. The molecule has 2 N–H and O–H groups in total. The molecule has 1 aromatic heterocycles. The number of nitrogens with zero attached hydrogens (tertiary/aromatic N) is 2. The first-order valence-corrected chi connectivity index (χ1v) is 8.87. The van der Waals surface area contributed by atoms with Gasteiger partial charge >= 0.3 is 0 Å². The normalized spacial score (nSPS) is 11.5. The lowest BCUT2D eigenvalue weighted by atomic mass is 10.2. The van der Waals surface area contributed by atoms with Crippen molar-refractivity contribution in [3.8, 4) is 11.5 Å². The predicted molar refractivity (Wildman–Crippen MR) is 106 cm³/mol. The van der Waals surface area contributed by atoms with Crippen molar-refractivity contribution in [2.75, 3.05) is 10.6 Å². The van der Waals surface area contributed by atoms with Crippen molar-refractivity contribution in [1.82, 2.24) is 9.97 Å². The highest BCUT2D eigenvalue weighted by molar-refractivity contribution is 6.04. The minimum atomic E-state index is -0.297. The predicted octanol–water partition coefficient (Wildman–Crippen LogP) is 4.73. The van der Waals surface area contributed by atoms with E-state index in [9.17, 15) is 4.79 Å². The Labute approximate surface area is 158 Å². The number of hydrogen-bond donors (Lipinski definition) is 2. The minimum Gasteiger partial charge on any atom is -0.455 e. The molecular formula is C21H22N4O2. The molecule has 6 heteroatoms. The number of nitrogens with one attached hydrogen (secondary N) is 2. The highest BCUT2D eigenvalue weighted by atomic mass is 16.5. The van der Waals surface area contributed by atoms with Gasteiger partial charge in [-0.25, -0.2) is 9.97 Å². The summed E-state index contributed by atoms with van der Waals surface area (Å²) in [6.45, 7) is 4.13. The van der Waals surface area contributed by atoms with Crippen LogP contribution in [-0.4, -0.2) is 21.9 Å². The molecule has 138 valence electrons. The summed E-state index contributed by atoms with van der Waals surface area (Å²) < 4.78 is 5.87. The Balaban J connectivity index is 1.71. The fourth-order valence-electron chi connectivity index (χ4n) is 2.31. The van der Waals surface area contributed by atoms with Crippen LogP contribution in [0.3, 0.4) is 0 Å². The first kappa shape index (κ1) is 18.4. The molecular weight excluding hydrogens is 340 g/mol. The van der Waals surface area contributed by atoms with E-state index in [2.05, 4.69) is 27.5 Å². The van der Waals surface area contributed by atoms with Gasteiger partial charge in [0.2, 0.25) is 5.95 Å². The zero-order chi connectivity index (χ0) is 19.1. The highest BCUT2D eigenvalue weighted by Crippen LogP contribution is 2.29. The van der Waals surface area contributed by atoms with Crippen LogP contribution >= 0.6 is 0 Å². The summed E-state index contributed by atoms with van der Waals surface area (Å²) in [7, 11) is 0. The number of rotatable bonds is 7. The number of carbonyl (C=O) groups excluding carboxylic acids is 1. The van der Waals surface area contributed by atoms with E-state index in [1.54, 1.807) is 12.1 Å². The molecule has 0 aliphatic rings. The Morgan fingerprint density at radius 1 is 1.04 bits per heavy atom. The second kappa shape index (κ2) is 8.80. The fraction of sp³-hybridized carbons (Fsp3) is 0.190. The van der Waals surface area contributed by atoms with Crippen molar-refractivity contribution in [3.05, 3.63) is 72.6 Å². The Bertz CT molecular complexity index is 882. The third-order valence-electron chi connectivity index (χ3n) is 4.01. The van der Waals surface area contributed by atoms with Gasteiger partial charge in [0.05, 0.1) is 11.3 Å². The van der Waals surface area contributed by atoms with Crippen molar-refractivity contribution in [1.29, 1.82) is 0 Å². The molecule has 3 rings (SSSR count). The summed E-state index contributed by atoms with van der Waals surface area (Å²) >= 11 is 0. The minimum absolute atomic E-state index is 0.270. The monoisotopic (exact) mass is 362 g/mol. The van der Waals surface area contributed by atoms with E-state index >= 15 is 0 Å². The van der Waals surface area contributed by atoms with Gasteiger partial charge < -0.3 is 15.4 Å². The summed E-state index contributed by atoms with van der Waals surface area (Å²) in [6, 6.07) is 17.0. The first-order valence-electron chi connectivity index (χ1n) is 8.87. The standard InChI is InChI=1S/C21H22N4O2/c1-3-15(2)24-21-22-13-16(14-23-21)20(26)25-18-11-7-8-12-19(18)27-17-9-5-4-6-10-17/h4-15H,3H2,1-2H3,(H,25,26)(H,22,23,24). The van der Waals surface area contributed by atoms with Crippen molar-refractivity contribution >= 4 is 17.5 Å². The molecule has 27 heavy (non-hydrogen) atoms. The van der Waals surface area contributed by atoms with E-state index in [1.807, 2.05) is 49.4 Å². The van der Waals surface area contributed by atoms with E-state index in [4.69, 9.17) is 4.74 Å². The maximum atomic E-state index is 12.5. The number of amides is 1. The van der Waals surface area contributed by atoms with E-state index in [0.717, 1.165) is 6.42 Å². The van der Waals surface area contributed by atoms with Crippen molar-refractivity contribution in [3.63, 3.8) is 0 Å². The zero-order valence-corrected chi connectivity index (χ0v) is 15.3. The average Bonchev–Trinajstić information content (AvgIpc) is 2.70. The van der Waals surface area contributed by atoms with Gasteiger partial charge in [0.1, 0.15) is 5.75 Å². The zero-order valence-electron chi connectivity index (χ0n) is 15.3. The molecule has 0 bridgehead atoms. The van der Waals surface area contributed by atoms with E-state index < -0.39 is 0 Å². The van der Waals surface area contributed by atoms with Gasteiger partial charge in [0, 0.05) is 18.4 Å². The van der Waals surface area contributed by atoms with Crippen molar-refractivity contribution in [2.45, 2.75) is 26.3 Å². The van der Waals surface area contributed by atoms with Crippen LogP contribution in [-0.2, 0) is 0 Å². The molecule has 1 heterocycles. The number of carbonyl (C=O) groups is 1. The van der Waals surface area contributed by atoms with Gasteiger partial charge in [-0.3, -0.25) is 4.79 Å². The molecule has 0 saturated heterocycles. The van der Waals surface area contributed by atoms with Gasteiger partial charge in [-0.15, -0.1) is 0 Å². The van der Waals surface area contributed by atoms with E-state index in [0.29, 0.717) is 28.7 Å². The largest absolute Gasteiger partial charge is 0.455 e. The van der Waals surface area contributed by atoms with Crippen molar-refractivity contribution in [2.24, 2.45) is 0 Å². The van der Waals surface area contributed by atoms with Crippen LogP contribution < -0.4 is 15.4 Å². The third-order valence-corrected chi connectivity index (χ3v) is 4.01. The Morgan fingerprint density at radius 2 is 1.70 bits per heavy atom. The van der Waals surface area contributed by atoms with Crippen LogP contribution in [0.2, 0.25) is 0 Å². The summed E-state index contributed by atoms with van der Waals surface area (Å²) in [6.07, 6.45) is 3.98. The number of hydrogen-bond acceptors (Lipinski definition) is 5. The van der Waals surface area contributed by atoms with Gasteiger partial charge in [-0.05, 0) is 37.6 Å². The van der Waals surface area contributed by atoms with Crippen LogP contribution in [0.25, 0.3) is 0 Å². The second-order valence-corrected chi connectivity index (χ2v) is 6.11. The van der Waals surface area contributed by atoms with Crippen LogP contribution in [0, 0.1) is 0 Å². The first-order chi connectivity index (χ1) is 13.2. The van der Waals surface area contributed by atoms with Crippen LogP contribution in [0.15, 0.2) is 67.0 Å². The molecule has 0 aliphatic heterocycles. The quantitative estimate of drug-likeness (QED) is 0.635. The highest BCUT2D eigenvalue weighted by Gasteiger charge is 2.12. The van der Waals surface area contributed by atoms with Gasteiger partial charge in [-0.2, -0.15) is 0 Å². The fourth-order valence-corrected chi connectivity index (χ4v) is 2.31. The molecule has 3 aromatic rings. The molecule has 6 nitrogen and oxygen atoms in total. The molecule has 0 fully saturated rings. The lowest BCUT2D eigenvalue weighted by molar-refractivity contribution is 0.102. The third kappa shape index (κ3) is 5.04. The maximum absolute atomic E-state index is 12.5. The van der Waals surface area contributed by atoms with Crippen molar-refractivity contribution < 1.29 is 9.53 Å². The number of ether oxygens (including phenoxy) is 1. The molecule has 0 radical (unpaired) electrons. The summed E-state index contributed by atoms with van der Waals surface area (Å²) in [4.78, 5) is 21.0. The molecule has 0 spiro atoms. The number of aromatic nitrogens is 2. The lowest BCUT2D eigenvalue weighted by Crippen LogP contribution is -2.17. The van der Waals surface area contributed by atoms with E-state index in [-0.39, 0.29) is 11.9 Å². The molecule has 2 aromatic carbocycles. The van der Waals surface area contributed by atoms with Crippen LogP contribution in [0.4, 0.5) is 11.6 Å². The van der Waals surface area contributed by atoms with Crippen LogP contribution in [0.5, 0.6) is 11.5 Å². The smallest absolute Gasteiger partial charge is 0.258 e. The van der Waals surface area contributed by atoms with Gasteiger partial charge in [-0.1, -0.05) is 37.3 Å². The maximum Gasteiger partial charge on any atom is 0.258 e. The van der Waals surface area contributed by atoms with Gasteiger partial charge in [0.15, 0.2) is 5.75 Å². The number of anilines is 2. The molecule has 1 atom stereocenters. The molecule has 1 amide bonds. The van der Waals surface area contributed by atoms with E-state index in [1.165, 1.54) is 12.4 Å². The summed E-state index contributed by atoms with van der Waals surface area (Å²) in [5.41, 5.74) is 0.951. The second-order valence-electron chi connectivity index (χ2n) is 6.11. The Morgan fingerprint density at radius 3 is 2.41 bits per heavy atom. The average molecular weight is 362 g/mol. The molecule has 0 saturated carbocycles. The Hall–Kier alpha value is -3.41. The van der Waals surface area contributed by atoms with Crippen LogP contribution in [0.1, 0.15) is 30.6 Å². The SMILES string of the molecule is CCC(C)Nc1ncc(C(=O)Nc2ccccc2Oc2ccccc2)cn1. The van der Waals surface area contributed by atoms with Gasteiger partial charge in [0.25, 0.3) is 5.91 Å². The topological polar surface area (TPSA) is 76.1 Å².